The van der Waals surface area contributed by atoms with Crippen molar-refractivity contribution in [3.05, 3.63) is 51.7 Å². The fraction of sp³-hybridized carbons (Fsp3) is 0.200. The smallest absolute Gasteiger partial charge is 0.0361 e. The van der Waals surface area contributed by atoms with Gasteiger partial charge in [-0.05, 0) is 42.8 Å². The molecule has 0 radical (unpaired) electrons. The van der Waals surface area contributed by atoms with Gasteiger partial charge in [-0.1, -0.05) is 18.2 Å². The van der Waals surface area contributed by atoms with Gasteiger partial charge in [0.25, 0.3) is 0 Å². The number of anilines is 1. The molecule has 0 spiro atoms. The molecule has 17 heavy (non-hydrogen) atoms. The predicted molar refractivity (Wildman–Crippen MR) is 78.8 cm³/mol. The highest BCUT2D eigenvalue weighted by atomic mass is 32.1. The molecule has 2 aromatic rings. The van der Waals surface area contributed by atoms with E-state index in [1.165, 1.54) is 21.0 Å². The summed E-state index contributed by atoms with van der Waals surface area (Å²) >= 11 is 1.82. The van der Waals surface area contributed by atoms with E-state index in [1.807, 2.05) is 11.3 Å². The van der Waals surface area contributed by atoms with Gasteiger partial charge in [0.2, 0.25) is 0 Å². The number of hydrogen-bond donors (Lipinski definition) is 0. The Bertz CT molecular complexity index is 506. The lowest BCUT2D eigenvalue weighted by Crippen LogP contribution is -2.07. The second-order valence-corrected chi connectivity index (χ2v) is 5.59. The Morgan fingerprint density at radius 2 is 1.65 bits per heavy atom. The molecule has 0 aliphatic heterocycles. The summed E-state index contributed by atoms with van der Waals surface area (Å²) in [5.41, 5.74) is 2.47. The third-order valence-corrected chi connectivity index (χ3v) is 3.58. The van der Waals surface area contributed by atoms with Crippen molar-refractivity contribution < 1.29 is 0 Å². The van der Waals surface area contributed by atoms with Crippen molar-refractivity contribution in [2.45, 2.75) is 6.92 Å². The van der Waals surface area contributed by atoms with Crippen LogP contribution in [-0.4, -0.2) is 14.1 Å². The van der Waals surface area contributed by atoms with Gasteiger partial charge in [0.05, 0.1) is 0 Å². The van der Waals surface area contributed by atoms with Crippen molar-refractivity contribution in [3.63, 3.8) is 0 Å². The van der Waals surface area contributed by atoms with E-state index in [0.717, 1.165) is 0 Å². The first kappa shape index (κ1) is 11.9. The fourth-order valence-corrected chi connectivity index (χ4v) is 2.38. The fourth-order valence-electron chi connectivity index (χ4n) is 1.60. The van der Waals surface area contributed by atoms with Crippen LogP contribution in [0.5, 0.6) is 0 Å². The van der Waals surface area contributed by atoms with E-state index in [4.69, 9.17) is 0 Å². The van der Waals surface area contributed by atoms with Crippen molar-refractivity contribution in [1.82, 2.24) is 0 Å². The molecule has 1 aromatic heterocycles. The summed E-state index contributed by atoms with van der Waals surface area (Å²) in [5.74, 6) is 0. The summed E-state index contributed by atoms with van der Waals surface area (Å²) in [6.45, 7) is 2.13. The SMILES string of the molecule is Cc1ccc(/C=C/c2ccc(N(C)C)cc2)s1. The van der Waals surface area contributed by atoms with Crippen LogP contribution in [0.15, 0.2) is 36.4 Å². The molecule has 88 valence electrons. The van der Waals surface area contributed by atoms with Crippen LogP contribution in [0.25, 0.3) is 12.2 Å². The molecular formula is C15H17NS. The molecule has 0 atom stereocenters. The van der Waals surface area contributed by atoms with Gasteiger partial charge in [-0.2, -0.15) is 0 Å². The molecule has 0 saturated carbocycles. The van der Waals surface area contributed by atoms with Gasteiger partial charge < -0.3 is 4.90 Å². The summed E-state index contributed by atoms with van der Waals surface area (Å²) in [6.07, 6.45) is 4.33. The van der Waals surface area contributed by atoms with Crippen molar-refractivity contribution in [1.29, 1.82) is 0 Å². The predicted octanol–water partition coefficient (Wildman–Crippen LogP) is 4.29. The number of rotatable bonds is 3. The normalized spacial score (nSPS) is 11.0. The van der Waals surface area contributed by atoms with E-state index in [2.05, 4.69) is 74.5 Å². The highest BCUT2D eigenvalue weighted by Crippen LogP contribution is 2.19. The van der Waals surface area contributed by atoms with Crippen LogP contribution >= 0.6 is 11.3 Å². The van der Waals surface area contributed by atoms with Crippen molar-refractivity contribution in [2.75, 3.05) is 19.0 Å². The quantitative estimate of drug-likeness (QED) is 0.777. The van der Waals surface area contributed by atoms with Crippen LogP contribution in [0.4, 0.5) is 5.69 Å². The molecule has 0 N–H and O–H groups in total. The minimum atomic E-state index is 1.23. The Labute approximate surface area is 107 Å². The van der Waals surface area contributed by atoms with E-state index < -0.39 is 0 Å². The third kappa shape index (κ3) is 3.21. The van der Waals surface area contributed by atoms with Crippen molar-refractivity contribution >= 4 is 29.2 Å². The molecule has 1 aromatic carbocycles. The Morgan fingerprint density at radius 3 is 2.18 bits per heavy atom. The van der Waals surface area contributed by atoms with Crippen LogP contribution in [-0.2, 0) is 0 Å². The Hall–Kier alpha value is -1.54. The molecule has 0 aliphatic rings. The molecule has 0 aliphatic carbocycles. The second kappa shape index (κ2) is 5.19. The number of nitrogens with zero attached hydrogens (tertiary/aromatic N) is 1. The number of hydrogen-bond acceptors (Lipinski definition) is 2. The molecule has 0 unspecified atom stereocenters. The van der Waals surface area contributed by atoms with E-state index in [9.17, 15) is 0 Å². The van der Waals surface area contributed by atoms with Crippen LogP contribution in [0.2, 0.25) is 0 Å². The van der Waals surface area contributed by atoms with Gasteiger partial charge in [0.15, 0.2) is 0 Å². The average Bonchev–Trinajstić information content (AvgIpc) is 2.73. The molecule has 0 saturated heterocycles. The highest BCUT2D eigenvalue weighted by molar-refractivity contribution is 7.12. The number of benzene rings is 1. The third-order valence-electron chi connectivity index (χ3n) is 2.61. The molecule has 0 bridgehead atoms. The first-order valence-corrected chi connectivity index (χ1v) is 6.49. The highest BCUT2D eigenvalue weighted by Gasteiger charge is 1.94. The Morgan fingerprint density at radius 1 is 0.941 bits per heavy atom. The second-order valence-electron chi connectivity index (χ2n) is 4.27. The first-order chi connectivity index (χ1) is 8.15. The number of thiophene rings is 1. The molecule has 2 rings (SSSR count). The zero-order valence-electron chi connectivity index (χ0n) is 10.5. The number of aryl methyl sites for hydroxylation is 1. The van der Waals surface area contributed by atoms with E-state index in [0.29, 0.717) is 0 Å². The summed E-state index contributed by atoms with van der Waals surface area (Å²) in [4.78, 5) is 4.77. The van der Waals surface area contributed by atoms with Crippen molar-refractivity contribution in [3.8, 4) is 0 Å². The molecule has 0 amide bonds. The van der Waals surface area contributed by atoms with Crippen molar-refractivity contribution in [2.24, 2.45) is 0 Å². The van der Waals surface area contributed by atoms with Gasteiger partial charge in [-0.25, -0.2) is 0 Å². The maximum Gasteiger partial charge on any atom is 0.0361 e. The molecule has 2 heteroatoms. The molecule has 1 nitrogen and oxygen atoms in total. The molecule has 1 heterocycles. The summed E-state index contributed by atoms with van der Waals surface area (Å²) in [7, 11) is 4.11. The maximum atomic E-state index is 2.17. The molecular weight excluding hydrogens is 226 g/mol. The first-order valence-electron chi connectivity index (χ1n) is 5.67. The average molecular weight is 243 g/mol. The lowest BCUT2D eigenvalue weighted by Gasteiger charge is -2.11. The van der Waals surface area contributed by atoms with Crippen LogP contribution in [0.3, 0.4) is 0 Å². The monoisotopic (exact) mass is 243 g/mol. The van der Waals surface area contributed by atoms with Gasteiger partial charge in [-0.15, -0.1) is 11.3 Å². The van der Waals surface area contributed by atoms with Gasteiger partial charge in [0, 0.05) is 29.5 Å². The zero-order valence-corrected chi connectivity index (χ0v) is 11.3. The zero-order chi connectivity index (χ0) is 12.3. The topological polar surface area (TPSA) is 3.24 Å². The summed E-state index contributed by atoms with van der Waals surface area (Å²) < 4.78 is 0. The largest absolute Gasteiger partial charge is 0.378 e. The summed E-state index contributed by atoms with van der Waals surface area (Å²) in [5, 5.41) is 0. The van der Waals surface area contributed by atoms with Gasteiger partial charge in [0.1, 0.15) is 0 Å². The lowest BCUT2D eigenvalue weighted by atomic mass is 10.2. The standard InChI is InChI=1S/C15H17NS/c1-12-4-10-15(17-12)11-7-13-5-8-14(9-6-13)16(2)3/h4-11H,1-3H3/b11-7+. The van der Waals surface area contributed by atoms with Crippen LogP contribution < -0.4 is 4.90 Å². The Kier molecular flexibility index (Phi) is 3.64. The van der Waals surface area contributed by atoms with E-state index in [-0.39, 0.29) is 0 Å². The van der Waals surface area contributed by atoms with Gasteiger partial charge in [-0.3, -0.25) is 0 Å². The van der Waals surface area contributed by atoms with Crippen LogP contribution in [0, 0.1) is 6.92 Å². The summed E-state index contributed by atoms with van der Waals surface area (Å²) in [6, 6.07) is 12.9. The minimum absolute atomic E-state index is 1.23. The lowest BCUT2D eigenvalue weighted by molar-refractivity contribution is 1.13. The maximum absolute atomic E-state index is 2.17. The molecule has 0 fully saturated rings. The minimum Gasteiger partial charge on any atom is -0.378 e. The van der Waals surface area contributed by atoms with Gasteiger partial charge >= 0.3 is 0 Å². The van der Waals surface area contributed by atoms with Crippen LogP contribution in [0.1, 0.15) is 15.3 Å². The van der Waals surface area contributed by atoms with E-state index >= 15 is 0 Å². The Balaban J connectivity index is 2.11. The van der Waals surface area contributed by atoms with E-state index in [1.54, 1.807) is 0 Å².